The van der Waals surface area contributed by atoms with E-state index in [-0.39, 0.29) is 22.7 Å². The molecule has 0 saturated heterocycles. The number of benzene rings is 1. The van der Waals surface area contributed by atoms with Gasteiger partial charge in [-0.25, -0.2) is 12.8 Å². The summed E-state index contributed by atoms with van der Waals surface area (Å²) in [7, 11) is -3.70. The zero-order valence-electron chi connectivity index (χ0n) is 13.7. The summed E-state index contributed by atoms with van der Waals surface area (Å²) < 4.78 is 41.6. The Morgan fingerprint density at radius 2 is 2.00 bits per heavy atom. The third kappa shape index (κ3) is 4.26. The van der Waals surface area contributed by atoms with Gasteiger partial charge in [0.1, 0.15) is 10.0 Å². The quantitative estimate of drug-likeness (QED) is 0.801. The van der Waals surface area contributed by atoms with Gasteiger partial charge >= 0.3 is 0 Å². The van der Waals surface area contributed by atoms with Gasteiger partial charge in [-0.05, 0) is 31.0 Å². The third-order valence-electron chi connectivity index (χ3n) is 3.95. The molecule has 1 amide bonds. The van der Waals surface area contributed by atoms with E-state index in [2.05, 4.69) is 5.32 Å². The fourth-order valence-corrected chi connectivity index (χ4v) is 5.57. The fraction of sp³-hybridized carbons (Fsp3) is 0.353. The minimum atomic E-state index is -3.70. The Labute approximate surface area is 150 Å². The molecule has 2 aromatic rings. The molecule has 0 aliphatic heterocycles. The van der Waals surface area contributed by atoms with Crippen LogP contribution in [0.5, 0.6) is 0 Å². The highest BCUT2D eigenvalue weighted by Gasteiger charge is 2.39. The number of hydrogen-bond acceptors (Lipinski definition) is 4. The van der Waals surface area contributed by atoms with Crippen molar-refractivity contribution in [2.45, 2.75) is 43.1 Å². The summed E-state index contributed by atoms with van der Waals surface area (Å²) in [6.45, 7) is 1.74. The van der Waals surface area contributed by atoms with Gasteiger partial charge in [0.15, 0.2) is 0 Å². The maximum Gasteiger partial charge on any atom is 0.253 e. The molecule has 0 unspecified atom stereocenters. The Morgan fingerprint density at radius 1 is 1.28 bits per heavy atom. The van der Waals surface area contributed by atoms with E-state index < -0.39 is 15.8 Å². The van der Waals surface area contributed by atoms with E-state index in [0.29, 0.717) is 12.1 Å². The fourth-order valence-electron chi connectivity index (χ4n) is 2.49. The van der Waals surface area contributed by atoms with Gasteiger partial charge in [0, 0.05) is 30.0 Å². The van der Waals surface area contributed by atoms with Crippen molar-refractivity contribution >= 4 is 27.3 Å². The predicted molar refractivity (Wildman–Crippen MR) is 94.0 cm³/mol. The number of halogens is 1. The molecule has 0 radical (unpaired) electrons. The molecule has 0 spiro atoms. The van der Waals surface area contributed by atoms with Crippen molar-refractivity contribution in [2.75, 3.05) is 0 Å². The highest BCUT2D eigenvalue weighted by atomic mass is 32.2. The van der Waals surface area contributed by atoms with Crippen molar-refractivity contribution in [2.24, 2.45) is 0 Å². The molecule has 3 rings (SSSR count). The lowest BCUT2D eigenvalue weighted by Crippen LogP contribution is -2.32. The molecule has 0 bridgehead atoms. The van der Waals surface area contributed by atoms with Crippen LogP contribution in [-0.4, -0.2) is 24.7 Å². The Hall–Kier alpha value is -1.77. The van der Waals surface area contributed by atoms with Crippen molar-refractivity contribution in [1.29, 1.82) is 0 Å². The van der Waals surface area contributed by atoms with Crippen LogP contribution in [0.15, 0.2) is 40.6 Å². The van der Waals surface area contributed by atoms with Gasteiger partial charge in [0.05, 0.1) is 6.54 Å². The minimum absolute atomic E-state index is 0.0264. The number of nitrogens with zero attached hydrogens (tertiary/aromatic N) is 1. The number of carbonyl (C=O) groups excluding carboxylic acids is 1. The van der Waals surface area contributed by atoms with Crippen molar-refractivity contribution in [3.63, 3.8) is 0 Å². The van der Waals surface area contributed by atoms with Gasteiger partial charge in [-0.15, -0.1) is 11.3 Å². The van der Waals surface area contributed by atoms with Gasteiger partial charge in [0.25, 0.3) is 10.0 Å². The van der Waals surface area contributed by atoms with Crippen molar-refractivity contribution in [1.82, 2.24) is 9.62 Å². The van der Waals surface area contributed by atoms with Crippen molar-refractivity contribution < 1.29 is 17.6 Å². The topological polar surface area (TPSA) is 66.5 Å². The van der Waals surface area contributed by atoms with Crippen LogP contribution in [0.2, 0.25) is 0 Å². The smallest absolute Gasteiger partial charge is 0.253 e. The molecule has 1 fully saturated rings. The molecule has 8 heteroatoms. The first kappa shape index (κ1) is 18.0. The van der Waals surface area contributed by atoms with Crippen LogP contribution in [0.25, 0.3) is 0 Å². The zero-order chi connectivity index (χ0) is 18.0. The number of sulfonamides is 1. The molecule has 1 saturated carbocycles. The van der Waals surface area contributed by atoms with E-state index >= 15 is 0 Å². The second-order valence-electron chi connectivity index (χ2n) is 6.00. The zero-order valence-corrected chi connectivity index (χ0v) is 15.4. The van der Waals surface area contributed by atoms with Crippen LogP contribution in [0, 0.1) is 5.82 Å². The molecule has 134 valence electrons. The van der Waals surface area contributed by atoms with E-state index in [9.17, 15) is 17.6 Å². The third-order valence-corrected chi connectivity index (χ3v) is 7.40. The lowest BCUT2D eigenvalue weighted by atomic mass is 10.2. The van der Waals surface area contributed by atoms with Gasteiger partial charge in [0.2, 0.25) is 5.91 Å². The average Bonchev–Trinajstić information content (AvgIpc) is 3.27. The predicted octanol–water partition coefficient (Wildman–Crippen LogP) is 2.88. The van der Waals surface area contributed by atoms with Crippen LogP contribution in [0.3, 0.4) is 0 Å². The standard InChI is InChI=1S/C17H19FN2O3S2/c1-12(21)19-10-15-8-9-17(24-15)25(22,23)20(14-6-7-14)11-13-4-2-3-5-16(13)18/h2-5,8-9,14H,6-7,10-11H2,1H3,(H,19,21). The lowest BCUT2D eigenvalue weighted by molar-refractivity contribution is -0.119. The maximum absolute atomic E-state index is 13.9. The van der Waals surface area contributed by atoms with E-state index in [1.54, 1.807) is 30.3 Å². The van der Waals surface area contributed by atoms with Crippen LogP contribution < -0.4 is 5.32 Å². The van der Waals surface area contributed by atoms with E-state index in [4.69, 9.17) is 0 Å². The summed E-state index contributed by atoms with van der Waals surface area (Å²) in [5.41, 5.74) is 0.369. The summed E-state index contributed by atoms with van der Waals surface area (Å²) in [4.78, 5) is 11.8. The first-order valence-corrected chi connectivity index (χ1v) is 10.2. The van der Waals surface area contributed by atoms with Crippen LogP contribution in [0.1, 0.15) is 30.2 Å². The molecular weight excluding hydrogens is 363 g/mol. The lowest BCUT2D eigenvalue weighted by Gasteiger charge is -2.21. The molecule has 5 nitrogen and oxygen atoms in total. The summed E-state index contributed by atoms with van der Waals surface area (Å²) in [5, 5.41) is 2.65. The monoisotopic (exact) mass is 382 g/mol. The summed E-state index contributed by atoms with van der Waals surface area (Å²) in [5.74, 6) is -0.571. The van der Waals surface area contributed by atoms with Crippen molar-refractivity contribution in [3.05, 3.63) is 52.7 Å². The number of thiophene rings is 1. The summed E-state index contributed by atoms with van der Waals surface area (Å²) in [6.07, 6.45) is 1.58. The largest absolute Gasteiger partial charge is 0.351 e. The molecule has 0 atom stereocenters. The minimum Gasteiger partial charge on any atom is -0.351 e. The molecular formula is C17H19FN2O3S2. The first-order chi connectivity index (χ1) is 11.9. The molecule has 1 aliphatic carbocycles. The molecule has 1 N–H and O–H groups in total. The number of nitrogens with one attached hydrogen (secondary N) is 1. The number of amides is 1. The van der Waals surface area contributed by atoms with Gasteiger partial charge in [-0.2, -0.15) is 4.31 Å². The molecule has 1 aliphatic rings. The highest BCUT2D eigenvalue weighted by Crippen LogP contribution is 2.35. The Bertz CT molecular complexity index is 876. The SMILES string of the molecule is CC(=O)NCc1ccc(S(=O)(=O)N(Cc2ccccc2F)C2CC2)s1. The van der Waals surface area contributed by atoms with Crippen LogP contribution in [0.4, 0.5) is 4.39 Å². The van der Waals surface area contributed by atoms with E-state index in [0.717, 1.165) is 29.1 Å². The average molecular weight is 382 g/mol. The maximum atomic E-state index is 13.9. The second-order valence-corrected chi connectivity index (χ2v) is 9.29. The van der Waals surface area contributed by atoms with Gasteiger partial charge in [-0.1, -0.05) is 18.2 Å². The van der Waals surface area contributed by atoms with Gasteiger partial charge < -0.3 is 5.32 Å². The normalized spacial score (nSPS) is 14.7. The molecule has 1 aromatic heterocycles. The number of rotatable bonds is 7. The van der Waals surface area contributed by atoms with E-state index in [1.165, 1.54) is 17.3 Å². The second kappa shape index (κ2) is 7.23. The van der Waals surface area contributed by atoms with Crippen LogP contribution in [-0.2, 0) is 27.9 Å². The first-order valence-electron chi connectivity index (χ1n) is 7.96. The summed E-state index contributed by atoms with van der Waals surface area (Å²) in [6, 6.07) is 9.40. The van der Waals surface area contributed by atoms with Crippen LogP contribution >= 0.6 is 11.3 Å². The van der Waals surface area contributed by atoms with Gasteiger partial charge in [-0.3, -0.25) is 4.79 Å². The Balaban J connectivity index is 1.83. The molecule has 1 aromatic carbocycles. The molecule has 25 heavy (non-hydrogen) atoms. The van der Waals surface area contributed by atoms with Crippen molar-refractivity contribution in [3.8, 4) is 0 Å². The Morgan fingerprint density at radius 3 is 2.64 bits per heavy atom. The number of carbonyl (C=O) groups is 1. The highest BCUT2D eigenvalue weighted by molar-refractivity contribution is 7.91. The number of hydrogen-bond donors (Lipinski definition) is 1. The summed E-state index contributed by atoms with van der Waals surface area (Å²) >= 11 is 1.13. The Kier molecular flexibility index (Phi) is 5.21. The molecule has 1 heterocycles. The van der Waals surface area contributed by atoms with E-state index in [1.807, 2.05) is 0 Å².